The Hall–Kier alpha value is -2.61. The van der Waals surface area contributed by atoms with Crippen LogP contribution in [0, 0.1) is 0 Å². The van der Waals surface area contributed by atoms with E-state index in [4.69, 9.17) is 0 Å². The topological polar surface area (TPSA) is 85.0 Å². The molecule has 8 nitrogen and oxygen atoms in total. The molecule has 0 unspecified atom stereocenters. The number of imide groups is 1. The summed E-state index contributed by atoms with van der Waals surface area (Å²) in [4.78, 5) is 43.0. The first-order chi connectivity index (χ1) is 14.5. The number of anilines is 2. The van der Waals surface area contributed by atoms with Crippen LogP contribution in [-0.4, -0.2) is 73.0 Å². The minimum absolute atomic E-state index is 0.106. The van der Waals surface area contributed by atoms with E-state index in [1.807, 2.05) is 24.3 Å². The molecule has 0 aromatic heterocycles. The number of carbonyl (C=O) groups excluding carboxylic acids is 3. The van der Waals surface area contributed by atoms with E-state index < -0.39 is 5.54 Å². The van der Waals surface area contributed by atoms with E-state index >= 15 is 0 Å². The molecule has 0 radical (unpaired) electrons. The minimum atomic E-state index is -0.676. The zero-order valence-corrected chi connectivity index (χ0v) is 17.7. The third kappa shape index (κ3) is 4.28. The number of nitrogens with zero attached hydrogens (tertiary/aromatic N) is 3. The molecule has 0 atom stereocenters. The zero-order chi connectivity index (χ0) is 21.1. The number of carbonyl (C=O) groups is 3. The summed E-state index contributed by atoms with van der Waals surface area (Å²) in [6, 6.07) is 7.60. The highest BCUT2D eigenvalue weighted by Gasteiger charge is 2.52. The third-order valence-electron chi connectivity index (χ3n) is 6.51. The van der Waals surface area contributed by atoms with Crippen molar-refractivity contribution in [3.05, 3.63) is 24.3 Å². The molecular weight excluding hydrogens is 382 g/mol. The number of hydrogen-bond donors (Lipinski definition) is 2. The number of amides is 4. The fourth-order valence-electron chi connectivity index (χ4n) is 4.64. The summed E-state index contributed by atoms with van der Waals surface area (Å²) in [5, 5.41) is 5.78. The van der Waals surface area contributed by atoms with Crippen LogP contribution >= 0.6 is 0 Å². The van der Waals surface area contributed by atoms with Crippen LogP contribution < -0.4 is 15.5 Å². The smallest absolute Gasteiger partial charge is 0.325 e. The number of urea groups is 1. The molecule has 2 N–H and O–H groups in total. The van der Waals surface area contributed by atoms with Gasteiger partial charge in [0.25, 0.3) is 5.91 Å². The van der Waals surface area contributed by atoms with Crippen LogP contribution in [0.2, 0.25) is 0 Å². The van der Waals surface area contributed by atoms with Crippen LogP contribution in [-0.2, 0) is 9.59 Å². The van der Waals surface area contributed by atoms with Gasteiger partial charge in [0.15, 0.2) is 0 Å². The second-order valence-corrected chi connectivity index (χ2v) is 8.67. The molecule has 1 aliphatic carbocycles. The predicted octanol–water partition coefficient (Wildman–Crippen LogP) is 2.02. The summed E-state index contributed by atoms with van der Waals surface area (Å²) in [7, 11) is 2.13. The number of nitrogens with one attached hydrogen (secondary N) is 2. The largest absolute Gasteiger partial charge is 0.369 e. The summed E-state index contributed by atoms with van der Waals surface area (Å²) in [6.45, 7) is 4.40. The van der Waals surface area contributed by atoms with Gasteiger partial charge in [-0.15, -0.1) is 0 Å². The number of likely N-dealkylation sites (N-methyl/N-ethyl adjacent to an activating group) is 1. The molecule has 2 heterocycles. The highest BCUT2D eigenvalue weighted by atomic mass is 16.2. The zero-order valence-electron chi connectivity index (χ0n) is 17.7. The Morgan fingerprint density at radius 3 is 2.40 bits per heavy atom. The molecule has 3 aliphatic rings. The van der Waals surface area contributed by atoms with Gasteiger partial charge in [0, 0.05) is 50.5 Å². The number of benzene rings is 1. The maximum Gasteiger partial charge on any atom is 0.325 e. The summed E-state index contributed by atoms with van der Waals surface area (Å²) in [5.74, 6) is -0.227. The van der Waals surface area contributed by atoms with Crippen LogP contribution in [0.25, 0.3) is 0 Å². The third-order valence-corrected chi connectivity index (χ3v) is 6.51. The van der Waals surface area contributed by atoms with E-state index in [0.717, 1.165) is 57.5 Å². The van der Waals surface area contributed by atoms with E-state index in [2.05, 4.69) is 27.5 Å². The van der Waals surface area contributed by atoms with Gasteiger partial charge in [-0.25, -0.2) is 4.79 Å². The summed E-state index contributed by atoms with van der Waals surface area (Å²) in [6.07, 6.45) is 4.10. The Morgan fingerprint density at radius 2 is 1.73 bits per heavy atom. The molecule has 1 spiro atoms. The molecule has 8 heteroatoms. The monoisotopic (exact) mass is 413 g/mol. The standard InChI is InChI=1S/C22H31N5O3/c1-25-13-15-26(16-14-25)18-8-6-17(7-9-18)23-19(28)5-4-12-27-20(29)22(24-21(27)30)10-2-3-11-22/h6-9H,2-5,10-16H2,1H3,(H,23,28)(H,24,30). The minimum Gasteiger partial charge on any atom is -0.369 e. The van der Waals surface area contributed by atoms with Gasteiger partial charge >= 0.3 is 6.03 Å². The quantitative estimate of drug-likeness (QED) is 0.697. The Labute approximate surface area is 177 Å². The van der Waals surface area contributed by atoms with Crippen molar-refractivity contribution in [3.8, 4) is 0 Å². The Bertz CT molecular complexity index is 795. The van der Waals surface area contributed by atoms with E-state index in [9.17, 15) is 14.4 Å². The lowest BCUT2D eigenvalue weighted by molar-refractivity contribution is -0.131. The molecule has 1 saturated carbocycles. The maximum atomic E-state index is 12.6. The second kappa shape index (κ2) is 8.63. The lowest BCUT2D eigenvalue weighted by Gasteiger charge is -2.34. The van der Waals surface area contributed by atoms with Crippen molar-refractivity contribution in [2.24, 2.45) is 0 Å². The Morgan fingerprint density at radius 1 is 1.07 bits per heavy atom. The normalized spacial score (nSPS) is 21.4. The van der Waals surface area contributed by atoms with Crippen molar-refractivity contribution in [1.29, 1.82) is 0 Å². The summed E-state index contributed by atoms with van der Waals surface area (Å²) >= 11 is 0. The maximum absolute atomic E-state index is 12.6. The van der Waals surface area contributed by atoms with Gasteiger partial charge in [0.1, 0.15) is 5.54 Å². The Kier molecular flexibility index (Phi) is 5.94. The van der Waals surface area contributed by atoms with Crippen molar-refractivity contribution < 1.29 is 14.4 Å². The molecule has 1 aromatic rings. The van der Waals surface area contributed by atoms with Crippen LogP contribution in [0.15, 0.2) is 24.3 Å². The molecular formula is C22H31N5O3. The molecule has 4 amide bonds. The van der Waals surface area contributed by atoms with E-state index in [-0.39, 0.29) is 30.8 Å². The first-order valence-electron chi connectivity index (χ1n) is 10.9. The SMILES string of the molecule is CN1CCN(c2ccc(NC(=O)CCCN3C(=O)NC4(CCCC4)C3=O)cc2)CC1. The van der Waals surface area contributed by atoms with E-state index in [0.29, 0.717) is 6.42 Å². The highest BCUT2D eigenvalue weighted by molar-refractivity contribution is 6.07. The molecule has 2 saturated heterocycles. The fourth-order valence-corrected chi connectivity index (χ4v) is 4.64. The average molecular weight is 414 g/mol. The van der Waals surface area contributed by atoms with Crippen LogP contribution in [0.4, 0.5) is 16.2 Å². The van der Waals surface area contributed by atoms with Gasteiger partial charge in [-0.2, -0.15) is 0 Å². The second-order valence-electron chi connectivity index (χ2n) is 8.67. The molecule has 0 bridgehead atoms. The van der Waals surface area contributed by atoms with E-state index in [1.54, 1.807) is 0 Å². The van der Waals surface area contributed by atoms with Crippen molar-refractivity contribution in [2.75, 3.05) is 50.0 Å². The van der Waals surface area contributed by atoms with Crippen LogP contribution in [0.5, 0.6) is 0 Å². The van der Waals surface area contributed by atoms with Gasteiger partial charge in [-0.1, -0.05) is 12.8 Å². The van der Waals surface area contributed by atoms with Crippen molar-refractivity contribution in [1.82, 2.24) is 15.1 Å². The average Bonchev–Trinajstić information content (AvgIpc) is 3.29. The van der Waals surface area contributed by atoms with Crippen LogP contribution in [0.1, 0.15) is 38.5 Å². The van der Waals surface area contributed by atoms with E-state index in [1.165, 1.54) is 10.6 Å². The number of hydrogen-bond acceptors (Lipinski definition) is 5. The predicted molar refractivity (Wildman–Crippen MR) is 115 cm³/mol. The summed E-state index contributed by atoms with van der Waals surface area (Å²) < 4.78 is 0. The van der Waals surface area contributed by atoms with Gasteiger partial charge in [0.05, 0.1) is 0 Å². The van der Waals surface area contributed by atoms with Gasteiger partial charge in [0.2, 0.25) is 5.91 Å². The van der Waals surface area contributed by atoms with Crippen molar-refractivity contribution in [2.45, 2.75) is 44.1 Å². The number of piperazine rings is 1. The molecule has 4 rings (SSSR count). The molecule has 1 aromatic carbocycles. The first kappa shape index (κ1) is 20.7. The lowest BCUT2D eigenvalue weighted by atomic mass is 9.98. The fraction of sp³-hybridized carbons (Fsp3) is 0.591. The van der Waals surface area contributed by atoms with Crippen molar-refractivity contribution in [3.63, 3.8) is 0 Å². The highest BCUT2D eigenvalue weighted by Crippen LogP contribution is 2.35. The summed E-state index contributed by atoms with van der Waals surface area (Å²) in [5.41, 5.74) is 1.25. The van der Waals surface area contributed by atoms with Gasteiger partial charge in [-0.3, -0.25) is 14.5 Å². The van der Waals surface area contributed by atoms with Gasteiger partial charge in [-0.05, 0) is 50.6 Å². The Balaban J connectivity index is 1.22. The molecule has 3 fully saturated rings. The lowest BCUT2D eigenvalue weighted by Crippen LogP contribution is -2.44. The molecule has 2 aliphatic heterocycles. The molecule has 162 valence electrons. The van der Waals surface area contributed by atoms with Crippen LogP contribution in [0.3, 0.4) is 0 Å². The van der Waals surface area contributed by atoms with Crippen molar-refractivity contribution >= 4 is 29.2 Å². The van der Waals surface area contributed by atoms with Gasteiger partial charge < -0.3 is 20.4 Å². The first-order valence-corrected chi connectivity index (χ1v) is 10.9. The molecule has 30 heavy (non-hydrogen) atoms. The number of rotatable bonds is 6.